The summed E-state index contributed by atoms with van der Waals surface area (Å²) in [6.45, 7) is 1.55. The first kappa shape index (κ1) is 15.3. The molecular formula is C12H14BrF3O2. The molecule has 1 atom stereocenters. The molecule has 0 aromatic heterocycles. The number of aliphatic hydroxyl groups excluding tert-OH is 1. The number of alkyl halides is 3. The topological polar surface area (TPSA) is 29.5 Å². The minimum Gasteiger partial charge on any atom is -0.493 e. The average molecular weight is 327 g/mol. The molecule has 1 aromatic rings. The lowest BCUT2D eigenvalue weighted by Gasteiger charge is -2.14. The van der Waals surface area contributed by atoms with Crippen LogP contribution in [0.25, 0.3) is 0 Å². The highest BCUT2D eigenvalue weighted by Gasteiger charge is 2.26. The normalized spacial score (nSPS) is 13.4. The van der Waals surface area contributed by atoms with Crippen LogP contribution < -0.4 is 4.74 Å². The van der Waals surface area contributed by atoms with Crippen LogP contribution in [0.1, 0.15) is 31.4 Å². The van der Waals surface area contributed by atoms with Gasteiger partial charge in [-0.25, -0.2) is 0 Å². The molecule has 0 saturated carbocycles. The van der Waals surface area contributed by atoms with Gasteiger partial charge in [-0.05, 0) is 31.5 Å². The SMILES string of the molecule is C[C@@H](O)c1cc(Br)ccc1OCCCC(F)(F)F. The van der Waals surface area contributed by atoms with E-state index < -0.39 is 18.7 Å². The Kier molecular flexibility index (Phi) is 5.47. The van der Waals surface area contributed by atoms with Gasteiger partial charge in [0.15, 0.2) is 0 Å². The Bertz CT molecular complexity index is 391. The summed E-state index contributed by atoms with van der Waals surface area (Å²) in [5, 5.41) is 9.53. The molecule has 0 bridgehead atoms. The summed E-state index contributed by atoms with van der Waals surface area (Å²) in [5.41, 5.74) is 0.552. The van der Waals surface area contributed by atoms with Crippen LogP contribution in [-0.2, 0) is 0 Å². The Morgan fingerprint density at radius 3 is 2.61 bits per heavy atom. The maximum Gasteiger partial charge on any atom is 0.389 e. The molecule has 0 heterocycles. The molecule has 1 rings (SSSR count). The predicted octanol–water partition coefficient (Wildman–Crippen LogP) is 4.22. The van der Waals surface area contributed by atoms with E-state index >= 15 is 0 Å². The Morgan fingerprint density at radius 2 is 2.06 bits per heavy atom. The van der Waals surface area contributed by atoms with Crippen molar-refractivity contribution in [3.8, 4) is 5.75 Å². The van der Waals surface area contributed by atoms with Crippen molar-refractivity contribution in [2.24, 2.45) is 0 Å². The van der Waals surface area contributed by atoms with Gasteiger partial charge in [-0.15, -0.1) is 0 Å². The van der Waals surface area contributed by atoms with Crippen LogP contribution in [0, 0.1) is 0 Å². The number of aliphatic hydroxyl groups is 1. The molecule has 102 valence electrons. The molecule has 0 amide bonds. The first-order valence-corrected chi connectivity index (χ1v) is 6.26. The van der Waals surface area contributed by atoms with Gasteiger partial charge in [0.25, 0.3) is 0 Å². The first-order chi connectivity index (χ1) is 8.29. The molecule has 1 aromatic carbocycles. The molecular weight excluding hydrogens is 313 g/mol. The third-order valence-corrected chi connectivity index (χ3v) is 2.78. The summed E-state index contributed by atoms with van der Waals surface area (Å²) in [6.07, 6.45) is -5.86. The van der Waals surface area contributed by atoms with Gasteiger partial charge >= 0.3 is 6.18 Å². The van der Waals surface area contributed by atoms with Crippen LogP contribution in [-0.4, -0.2) is 17.9 Å². The maximum absolute atomic E-state index is 11.9. The Balaban J connectivity index is 2.57. The van der Waals surface area contributed by atoms with Crippen molar-refractivity contribution in [2.75, 3.05) is 6.61 Å². The van der Waals surface area contributed by atoms with Crippen molar-refractivity contribution >= 4 is 15.9 Å². The van der Waals surface area contributed by atoms with E-state index in [9.17, 15) is 18.3 Å². The standard InChI is InChI=1S/C12H14BrF3O2/c1-8(17)10-7-9(13)3-4-11(10)18-6-2-5-12(14,15)16/h3-4,7-8,17H,2,5-6H2,1H3/t8-/m1/s1. The zero-order valence-electron chi connectivity index (χ0n) is 9.80. The molecule has 6 heteroatoms. The summed E-state index contributed by atoms with van der Waals surface area (Å²) in [7, 11) is 0. The summed E-state index contributed by atoms with van der Waals surface area (Å²) >= 11 is 3.26. The van der Waals surface area contributed by atoms with Crippen LogP contribution in [0.2, 0.25) is 0 Å². The third kappa shape index (κ3) is 5.27. The minimum atomic E-state index is -4.16. The number of ether oxygens (including phenoxy) is 1. The zero-order chi connectivity index (χ0) is 13.8. The summed E-state index contributed by atoms with van der Waals surface area (Å²) in [6, 6.07) is 5.02. The summed E-state index contributed by atoms with van der Waals surface area (Å²) < 4.78 is 41.9. The van der Waals surface area contributed by atoms with Crippen LogP contribution in [0.5, 0.6) is 5.75 Å². The average Bonchev–Trinajstić information content (AvgIpc) is 2.24. The zero-order valence-corrected chi connectivity index (χ0v) is 11.4. The lowest BCUT2D eigenvalue weighted by Crippen LogP contribution is -2.10. The second kappa shape index (κ2) is 6.43. The number of hydrogen-bond acceptors (Lipinski definition) is 2. The molecule has 1 N–H and O–H groups in total. The number of halogens is 4. The van der Waals surface area contributed by atoms with E-state index in [0.29, 0.717) is 11.3 Å². The van der Waals surface area contributed by atoms with Crippen LogP contribution >= 0.6 is 15.9 Å². The Morgan fingerprint density at radius 1 is 1.39 bits per heavy atom. The molecule has 0 aliphatic heterocycles. The minimum absolute atomic E-state index is 0.0269. The van der Waals surface area contributed by atoms with E-state index in [1.54, 1.807) is 25.1 Å². The van der Waals surface area contributed by atoms with E-state index in [-0.39, 0.29) is 13.0 Å². The van der Waals surface area contributed by atoms with Gasteiger partial charge in [0.05, 0.1) is 12.7 Å². The first-order valence-electron chi connectivity index (χ1n) is 5.46. The second-order valence-electron chi connectivity index (χ2n) is 3.93. The highest BCUT2D eigenvalue weighted by molar-refractivity contribution is 9.10. The van der Waals surface area contributed by atoms with E-state index in [1.165, 1.54) is 0 Å². The highest BCUT2D eigenvalue weighted by atomic mass is 79.9. The lowest BCUT2D eigenvalue weighted by atomic mass is 10.1. The molecule has 0 saturated heterocycles. The Hall–Kier alpha value is -0.750. The van der Waals surface area contributed by atoms with E-state index in [0.717, 1.165) is 4.47 Å². The van der Waals surface area contributed by atoms with Crippen molar-refractivity contribution < 1.29 is 23.0 Å². The second-order valence-corrected chi connectivity index (χ2v) is 4.84. The molecule has 0 fully saturated rings. The van der Waals surface area contributed by atoms with Crippen LogP contribution in [0.4, 0.5) is 13.2 Å². The third-order valence-electron chi connectivity index (χ3n) is 2.28. The monoisotopic (exact) mass is 326 g/mol. The van der Waals surface area contributed by atoms with E-state index in [4.69, 9.17) is 4.74 Å². The molecule has 18 heavy (non-hydrogen) atoms. The fraction of sp³-hybridized carbons (Fsp3) is 0.500. The van der Waals surface area contributed by atoms with Gasteiger partial charge in [0, 0.05) is 16.5 Å². The summed E-state index contributed by atoms with van der Waals surface area (Å²) in [4.78, 5) is 0. The lowest BCUT2D eigenvalue weighted by molar-refractivity contribution is -0.136. The maximum atomic E-state index is 11.9. The quantitative estimate of drug-likeness (QED) is 0.821. The molecule has 0 aliphatic rings. The Labute approximate surface area is 112 Å². The van der Waals surface area contributed by atoms with E-state index in [2.05, 4.69) is 15.9 Å². The van der Waals surface area contributed by atoms with Gasteiger partial charge in [0.2, 0.25) is 0 Å². The van der Waals surface area contributed by atoms with Gasteiger partial charge in [-0.2, -0.15) is 13.2 Å². The van der Waals surface area contributed by atoms with Crippen molar-refractivity contribution in [2.45, 2.75) is 32.0 Å². The van der Waals surface area contributed by atoms with Gasteiger partial charge < -0.3 is 9.84 Å². The van der Waals surface area contributed by atoms with Crippen LogP contribution in [0.15, 0.2) is 22.7 Å². The predicted molar refractivity (Wildman–Crippen MR) is 65.6 cm³/mol. The fourth-order valence-corrected chi connectivity index (χ4v) is 1.81. The number of hydrogen-bond donors (Lipinski definition) is 1. The van der Waals surface area contributed by atoms with Crippen LogP contribution in [0.3, 0.4) is 0 Å². The number of benzene rings is 1. The largest absolute Gasteiger partial charge is 0.493 e. The van der Waals surface area contributed by atoms with Crippen molar-refractivity contribution in [3.63, 3.8) is 0 Å². The highest BCUT2D eigenvalue weighted by Crippen LogP contribution is 2.29. The summed E-state index contributed by atoms with van der Waals surface area (Å²) in [5.74, 6) is 0.412. The van der Waals surface area contributed by atoms with Crippen molar-refractivity contribution in [3.05, 3.63) is 28.2 Å². The molecule has 0 unspecified atom stereocenters. The van der Waals surface area contributed by atoms with E-state index in [1.807, 2.05) is 0 Å². The van der Waals surface area contributed by atoms with Gasteiger partial charge in [0.1, 0.15) is 5.75 Å². The van der Waals surface area contributed by atoms with Gasteiger partial charge in [-0.3, -0.25) is 0 Å². The smallest absolute Gasteiger partial charge is 0.389 e. The van der Waals surface area contributed by atoms with Crippen molar-refractivity contribution in [1.82, 2.24) is 0 Å². The van der Waals surface area contributed by atoms with Gasteiger partial charge in [-0.1, -0.05) is 15.9 Å². The molecule has 0 aliphatic carbocycles. The van der Waals surface area contributed by atoms with Crippen molar-refractivity contribution in [1.29, 1.82) is 0 Å². The number of rotatable bonds is 5. The molecule has 0 radical (unpaired) electrons. The fourth-order valence-electron chi connectivity index (χ4n) is 1.43. The molecule has 2 nitrogen and oxygen atoms in total. The molecule has 0 spiro atoms.